The highest BCUT2D eigenvalue weighted by Gasteiger charge is 2.05. The molecule has 0 saturated carbocycles. The summed E-state index contributed by atoms with van der Waals surface area (Å²) in [5, 5.41) is 7.95. The van der Waals surface area contributed by atoms with E-state index in [1.165, 1.54) is 43.4 Å². The molecule has 0 aliphatic heterocycles. The monoisotopic (exact) mass is 318 g/mol. The summed E-state index contributed by atoms with van der Waals surface area (Å²) >= 11 is 0. The van der Waals surface area contributed by atoms with Crippen molar-refractivity contribution in [3.8, 4) is 0 Å². The van der Waals surface area contributed by atoms with Gasteiger partial charge in [0, 0.05) is 0 Å². The summed E-state index contributed by atoms with van der Waals surface area (Å²) in [5.74, 6) is 0. The van der Waals surface area contributed by atoms with Crippen molar-refractivity contribution in [1.82, 2.24) is 0 Å². The third-order valence-corrected chi connectivity index (χ3v) is 5.06. The van der Waals surface area contributed by atoms with Crippen molar-refractivity contribution >= 4 is 32.3 Å². The van der Waals surface area contributed by atoms with E-state index in [1.54, 1.807) is 0 Å². The zero-order valence-electron chi connectivity index (χ0n) is 13.9. The zero-order chi connectivity index (χ0) is 16.6. The Morgan fingerprint density at radius 1 is 0.400 bits per heavy atom. The maximum absolute atomic E-state index is 2.33. The molecule has 0 fully saturated rings. The normalized spacial score (nSPS) is 11.4. The molecule has 0 amide bonds. The number of hydrogen-bond donors (Lipinski definition) is 0. The van der Waals surface area contributed by atoms with Gasteiger partial charge in [0.2, 0.25) is 0 Å². The third-order valence-electron chi connectivity index (χ3n) is 5.06. The van der Waals surface area contributed by atoms with Crippen LogP contribution in [0.2, 0.25) is 0 Å². The molecule has 5 aromatic carbocycles. The third kappa shape index (κ3) is 2.47. The van der Waals surface area contributed by atoms with E-state index in [0.29, 0.717) is 0 Å². The maximum atomic E-state index is 2.33. The Bertz CT molecular complexity index is 1200. The highest BCUT2D eigenvalue weighted by Crippen LogP contribution is 2.31. The average molecular weight is 318 g/mol. The quantitative estimate of drug-likeness (QED) is 0.316. The van der Waals surface area contributed by atoms with Crippen molar-refractivity contribution in [3.05, 3.63) is 108 Å². The van der Waals surface area contributed by atoms with E-state index < -0.39 is 0 Å². The second kappa shape index (κ2) is 5.75. The first-order valence-electron chi connectivity index (χ1n) is 8.75. The van der Waals surface area contributed by atoms with Crippen LogP contribution >= 0.6 is 0 Å². The van der Waals surface area contributed by atoms with E-state index >= 15 is 0 Å². The molecule has 0 bridgehead atoms. The number of fused-ring (bicyclic) bond motifs is 5. The second-order valence-electron chi connectivity index (χ2n) is 6.67. The minimum Gasteiger partial charge on any atom is -0.0622 e. The molecule has 5 rings (SSSR count). The summed E-state index contributed by atoms with van der Waals surface area (Å²) < 4.78 is 0. The number of rotatable bonds is 2. The van der Waals surface area contributed by atoms with Crippen LogP contribution in [0.25, 0.3) is 32.3 Å². The molecule has 118 valence electrons. The first-order valence-corrected chi connectivity index (χ1v) is 8.75. The van der Waals surface area contributed by atoms with E-state index in [0.717, 1.165) is 6.42 Å². The molecule has 0 saturated heterocycles. The van der Waals surface area contributed by atoms with Gasteiger partial charge in [0.15, 0.2) is 0 Å². The van der Waals surface area contributed by atoms with Crippen LogP contribution in [0.3, 0.4) is 0 Å². The van der Waals surface area contributed by atoms with Crippen molar-refractivity contribution in [2.75, 3.05) is 0 Å². The second-order valence-corrected chi connectivity index (χ2v) is 6.67. The number of hydrogen-bond acceptors (Lipinski definition) is 0. The van der Waals surface area contributed by atoms with Gasteiger partial charge in [-0.2, -0.15) is 0 Å². The molecule has 0 N–H and O–H groups in total. The molecular formula is C25H18. The Morgan fingerprint density at radius 3 is 1.88 bits per heavy atom. The highest BCUT2D eigenvalue weighted by atomic mass is 14.1. The van der Waals surface area contributed by atoms with Crippen LogP contribution in [0.4, 0.5) is 0 Å². The van der Waals surface area contributed by atoms with Gasteiger partial charge >= 0.3 is 0 Å². The fraction of sp³-hybridized carbons (Fsp3) is 0.0400. The van der Waals surface area contributed by atoms with Crippen molar-refractivity contribution in [1.29, 1.82) is 0 Å². The topological polar surface area (TPSA) is 0 Å². The summed E-state index contributed by atoms with van der Waals surface area (Å²) in [6.07, 6.45) is 0.979. The smallest absolute Gasteiger partial charge is 0.00256 e. The average Bonchev–Trinajstić information content (AvgIpc) is 2.68. The van der Waals surface area contributed by atoms with Gasteiger partial charge in [-0.3, -0.25) is 0 Å². The largest absolute Gasteiger partial charge is 0.0622 e. The molecule has 25 heavy (non-hydrogen) atoms. The zero-order valence-corrected chi connectivity index (χ0v) is 13.9. The molecule has 0 atom stereocenters. The summed E-state index contributed by atoms with van der Waals surface area (Å²) in [4.78, 5) is 0. The van der Waals surface area contributed by atoms with Crippen LogP contribution < -0.4 is 0 Å². The summed E-state index contributed by atoms with van der Waals surface area (Å²) in [6.45, 7) is 0. The molecule has 0 radical (unpaired) electrons. The van der Waals surface area contributed by atoms with Gasteiger partial charge in [-0.25, -0.2) is 0 Å². The first-order chi connectivity index (χ1) is 12.4. The van der Waals surface area contributed by atoms with Crippen molar-refractivity contribution < 1.29 is 0 Å². The van der Waals surface area contributed by atoms with Gasteiger partial charge in [0.05, 0.1) is 0 Å². The fourth-order valence-corrected chi connectivity index (χ4v) is 3.82. The van der Waals surface area contributed by atoms with Crippen molar-refractivity contribution in [2.24, 2.45) is 0 Å². The van der Waals surface area contributed by atoms with Crippen molar-refractivity contribution in [2.45, 2.75) is 6.42 Å². The summed E-state index contributed by atoms with van der Waals surface area (Å²) in [7, 11) is 0. The van der Waals surface area contributed by atoms with Gasteiger partial charge in [-0.1, -0.05) is 97.1 Å². The lowest BCUT2D eigenvalue weighted by molar-refractivity contribution is 1.20. The maximum Gasteiger partial charge on any atom is -0.00256 e. The molecule has 0 unspecified atom stereocenters. The number of benzene rings is 5. The summed E-state index contributed by atoms with van der Waals surface area (Å²) in [5.41, 5.74) is 2.72. The van der Waals surface area contributed by atoms with E-state index in [1.807, 2.05) is 0 Å². The molecule has 0 nitrogen and oxygen atoms in total. The predicted molar refractivity (Wildman–Crippen MR) is 108 cm³/mol. The Labute approximate surface area is 147 Å². The minimum atomic E-state index is 0.979. The molecular weight excluding hydrogens is 300 g/mol. The molecule has 0 heterocycles. The van der Waals surface area contributed by atoms with Crippen LogP contribution in [-0.4, -0.2) is 0 Å². The molecule has 0 aromatic heterocycles. The van der Waals surface area contributed by atoms with E-state index in [2.05, 4.69) is 97.1 Å². The summed E-state index contributed by atoms with van der Waals surface area (Å²) in [6, 6.07) is 35.2. The van der Waals surface area contributed by atoms with Gasteiger partial charge < -0.3 is 0 Å². The van der Waals surface area contributed by atoms with Crippen LogP contribution in [0.1, 0.15) is 11.1 Å². The SMILES string of the molecule is c1ccc(Cc2ccc3c(ccc4c5ccccc5ccc34)c2)cc1. The van der Waals surface area contributed by atoms with Crippen LogP contribution in [0.5, 0.6) is 0 Å². The van der Waals surface area contributed by atoms with Crippen LogP contribution in [0, 0.1) is 0 Å². The van der Waals surface area contributed by atoms with Gasteiger partial charge in [0.25, 0.3) is 0 Å². The Morgan fingerprint density at radius 2 is 1.04 bits per heavy atom. The Kier molecular flexibility index (Phi) is 3.28. The fourth-order valence-electron chi connectivity index (χ4n) is 3.82. The Hall–Kier alpha value is -3.12. The van der Waals surface area contributed by atoms with E-state index in [9.17, 15) is 0 Å². The molecule has 5 aromatic rings. The standard InChI is InChI=1S/C25H18/c1-2-6-18(7-3-1)16-19-10-13-23-21(17-19)12-15-24-22-9-5-4-8-20(22)11-14-25(23)24/h1-15,17H,16H2. The van der Waals surface area contributed by atoms with Gasteiger partial charge in [-0.15, -0.1) is 0 Å². The van der Waals surface area contributed by atoms with Crippen molar-refractivity contribution in [3.63, 3.8) is 0 Å². The lowest BCUT2D eigenvalue weighted by atomic mass is 9.95. The lowest BCUT2D eigenvalue weighted by Crippen LogP contribution is -1.88. The van der Waals surface area contributed by atoms with Crippen LogP contribution in [-0.2, 0) is 6.42 Å². The molecule has 0 heteroatoms. The van der Waals surface area contributed by atoms with Gasteiger partial charge in [-0.05, 0) is 49.9 Å². The molecule has 0 spiro atoms. The lowest BCUT2D eigenvalue weighted by Gasteiger charge is -2.09. The predicted octanol–water partition coefficient (Wildman–Crippen LogP) is 6.74. The van der Waals surface area contributed by atoms with Gasteiger partial charge in [0.1, 0.15) is 0 Å². The molecule has 0 aliphatic carbocycles. The Balaban J connectivity index is 1.68. The first kappa shape index (κ1) is 14.2. The highest BCUT2D eigenvalue weighted by molar-refractivity contribution is 6.17. The minimum absolute atomic E-state index is 0.979. The van der Waals surface area contributed by atoms with E-state index in [-0.39, 0.29) is 0 Å². The molecule has 0 aliphatic rings. The van der Waals surface area contributed by atoms with E-state index in [4.69, 9.17) is 0 Å². The van der Waals surface area contributed by atoms with Crippen LogP contribution in [0.15, 0.2) is 97.1 Å².